The fourth-order valence-corrected chi connectivity index (χ4v) is 1.39. The number of allylic oxidation sites excluding steroid dienone is 3. The van der Waals surface area contributed by atoms with Gasteiger partial charge in [0.15, 0.2) is 0 Å². The van der Waals surface area contributed by atoms with E-state index < -0.39 is 0 Å². The van der Waals surface area contributed by atoms with Gasteiger partial charge in [0.2, 0.25) is 0 Å². The maximum absolute atomic E-state index is 11.4. The average Bonchev–Trinajstić information content (AvgIpc) is 2.67. The van der Waals surface area contributed by atoms with Crippen molar-refractivity contribution in [2.45, 2.75) is 13.5 Å². The number of aromatic amines is 1. The molecule has 2 rings (SSSR count). The zero-order chi connectivity index (χ0) is 10.8. The second kappa shape index (κ2) is 3.59. The summed E-state index contributed by atoms with van der Waals surface area (Å²) in [5, 5.41) is 0. The maximum Gasteiger partial charge on any atom is 0.328 e. The Bertz CT molecular complexity index is 596. The minimum atomic E-state index is -0.389. The van der Waals surface area contributed by atoms with Crippen LogP contribution in [0, 0.1) is 6.92 Å². The van der Waals surface area contributed by atoms with E-state index in [1.54, 1.807) is 19.2 Å². The molecule has 1 aliphatic carbocycles. The first-order valence-electron chi connectivity index (χ1n) is 4.59. The van der Waals surface area contributed by atoms with E-state index >= 15 is 0 Å². The van der Waals surface area contributed by atoms with E-state index in [9.17, 15) is 9.59 Å². The molecule has 15 heavy (non-hydrogen) atoms. The molecular weight excluding hydrogens is 192 g/mol. The minimum Gasteiger partial charge on any atom is -0.295 e. The number of nitrogens with one attached hydrogen (secondary N) is 1. The standard InChI is InChI=1S/C11H10N2O2/c1-8-6-13(11(15)12-10(8)14)7-9-4-2-3-5-9/h2-4,6H,7H2,1H3,(H,12,14,15). The SMILES string of the molecule is Cc1cn(CC2=C=CC=C2)c(=O)[nH]c1=O. The summed E-state index contributed by atoms with van der Waals surface area (Å²) in [6.45, 7) is 2.10. The fourth-order valence-electron chi connectivity index (χ4n) is 1.39. The topological polar surface area (TPSA) is 54.9 Å². The van der Waals surface area contributed by atoms with Crippen LogP contribution in [-0.4, -0.2) is 9.55 Å². The van der Waals surface area contributed by atoms with Crippen LogP contribution in [0.25, 0.3) is 0 Å². The molecule has 1 heterocycles. The predicted molar refractivity (Wildman–Crippen MR) is 56.8 cm³/mol. The summed E-state index contributed by atoms with van der Waals surface area (Å²) in [6.07, 6.45) is 7.09. The van der Waals surface area contributed by atoms with E-state index in [1.165, 1.54) is 4.57 Å². The van der Waals surface area contributed by atoms with Crippen molar-refractivity contribution in [1.82, 2.24) is 9.55 Å². The van der Waals surface area contributed by atoms with Gasteiger partial charge in [0, 0.05) is 17.3 Å². The van der Waals surface area contributed by atoms with Crippen molar-refractivity contribution in [2.24, 2.45) is 0 Å². The van der Waals surface area contributed by atoms with Gasteiger partial charge in [-0.1, -0.05) is 6.08 Å². The molecule has 1 aromatic rings. The molecule has 4 heteroatoms. The summed E-state index contributed by atoms with van der Waals surface area (Å²) in [6, 6.07) is 0. The molecule has 1 aliphatic rings. The third-order valence-electron chi connectivity index (χ3n) is 2.19. The molecule has 76 valence electrons. The van der Waals surface area contributed by atoms with Gasteiger partial charge in [0.25, 0.3) is 5.56 Å². The van der Waals surface area contributed by atoms with Crippen molar-refractivity contribution >= 4 is 0 Å². The smallest absolute Gasteiger partial charge is 0.295 e. The Morgan fingerprint density at radius 3 is 2.93 bits per heavy atom. The van der Waals surface area contributed by atoms with Crippen LogP contribution in [0.4, 0.5) is 0 Å². The summed E-state index contributed by atoms with van der Waals surface area (Å²) >= 11 is 0. The van der Waals surface area contributed by atoms with E-state index in [1.807, 2.05) is 12.2 Å². The van der Waals surface area contributed by atoms with Crippen LogP contribution in [-0.2, 0) is 6.54 Å². The van der Waals surface area contributed by atoms with Crippen LogP contribution >= 0.6 is 0 Å². The molecule has 0 radical (unpaired) electrons. The van der Waals surface area contributed by atoms with Crippen molar-refractivity contribution in [1.29, 1.82) is 0 Å². The molecule has 0 saturated carbocycles. The van der Waals surface area contributed by atoms with Crippen molar-refractivity contribution < 1.29 is 0 Å². The van der Waals surface area contributed by atoms with Crippen LogP contribution < -0.4 is 11.2 Å². The third kappa shape index (κ3) is 1.90. The molecule has 0 aromatic carbocycles. The summed E-state index contributed by atoms with van der Waals surface area (Å²) in [7, 11) is 0. The van der Waals surface area contributed by atoms with Crippen molar-refractivity contribution in [3.8, 4) is 0 Å². The first-order valence-corrected chi connectivity index (χ1v) is 4.59. The van der Waals surface area contributed by atoms with Crippen LogP contribution in [0.3, 0.4) is 0 Å². The first kappa shape index (κ1) is 9.49. The second-order valence-electron chi connectivity index (χ2n) is 3.39. The van der Waals surface area contributed by atoms with Gasteiger partial charge in [-0.2, -0.15) is 0 Å². The molecule has 0 atom stereocenters. The number of aryl methyl sites for hydroxylation is 1. The summed E-state index contributed by atoms with van der Waals surface area (Å²) in [5.74, 6) is 0. The molecule has 0 aliphatic heterocycles. The summed E-state index contributed by atoms with van der Waals surface area (Å²) in [5.41, 5.74) is 3.72. The normalized spacial score (nSPS) is 13.3. The zero-order valence-electron chi connectivity index (χ0n) is 8.28. The van der Waals surface area contributed by atoms with Crippen molar-refractivity contribution in [3.63, 3.8) is 0 Å². The Morgan fingerprint density at radius 1 is 1.47 bits per heavy atom. The van der Waals surface area contributed by atoms with E-state index in [0.717, 1.165) is 5.57 Å². The highest BCUT2D eigenvalue weighted by atomic mass is 16.2. The van der Waals surface area contributed by atoms with E-state index in [-0.39, 0.29) is 11.2 Å². The largest absolute Gasteiger partial charge is 0.328 e. The maximum atomic E-state index is 11.4. The van der Waals surface area contributed by atoms with Gasteiger partial charge in [-0.05, 0) is 19.1 Å². The Labute approximate surface area is 85.9 Å². The average molecular weight is 202 g/mol. The molecule has 0 spiro atoms. The van der Waals surface area contributed by atoms with Crippen LogP contribution in [0.2, 0.25) is 0 Å². The third-order valence-corrected chi connectivity index (χ3v) is 2.19. The fraction of sp³-hybridized carbons (Fsp3) is 0.182. The lowest BCUT2D eigenvalue weighted by Gasteiger charge is -2.04. The van der Waals surface area contributed by atoms with Gasteiger partial charge in [-0.15, -0.1) is 5.73 Å². The van der Waals surface area contributed by atoms with Gasteiger partial charge in [0.1, 0.15) is 0 Å². The van der Waals surface area contributed by atoms with Crippen LogP contribution in [0.5, 0.6) is 0 Å². The first-order chi connectivity index (χ1) is 7.16. The van der Waals surface area contributed by atoms with E-state index in [0.29, 0.717) is 12.1 Å². The van der Waals surface area contributed by atoms with Crippen molar-refractivity contribution in [2.75, 3.05) is 0 Å². The molecule has 0 amide bonds. The Hall–Kier alpha value is -2.06. The quantitative estimate of drug-likeness (QED) is 0.710. The molecule has 0 fully saturated rings. The molecule has 0 bridgehead atoms. The number of aromatic nitrogens is 2. The monoisotopic (exact) mass is 202 g/mol. The number of hydrogen-bond donors (Lipinski definition) is 1. The minimum absolute atomic E-state index is 0.331. The molecule has 1 aromatic heterocycles. The summed E-state index contributed by atoms with van der Waals surface area (Å²) < 4.78 is 1.46. The highest BCUT2D eigenvalue weighted by Gasteiger charge is 2.02. The highest BCUT2D eigenvalue weighted by Crippen LogP contribution is 2.03. The Kier molecular flexibility index (Phi) is 2.27. The highest BCUT2D eigenvalue weighted by molar-refractivity contribution is 5.28. The molecule has 4 nitrogen and oxygen atoms in total. The van der Waals surface area contributed by atoms with Gasteiger partial charge in [0.05, 0.1) is 6.54 Å². The predicted octanol–water partition coefficient (Wildman–Crippen LogP) is 0.496. The van der Waals surface area contributed by atoms with Crippen molar-refractivity contribution in [3.05, 3.63) is 62.1 Å². The lowest BCUT2D eigenvalue weighted by atomic mass is 10.3. The summed E-state index contributed by atoms with van der Waals surface area (Å²) in [4.78, 5) is 24.8. The second-order valence-corrected chi connectivity index (χ2v) is 3.39. The molecule has 1 N–H and O–H groups in total. The Morgan fingerprint density at radius 2 is 2.27 bits per heavy atom. The van der Waals surface area contributed by atoms with Gasteiger partial charge in [-0.3, -0.25) is 14.3 Å². The number of hydrogen-bond acceptors (Lipinski definition) is 2. The van der Waals surface area contributed by atoms with Gasteiger partial charge < -0.3 is 0 Å². The number of nitrogens with zero attached hydrogens (tertiary/aromatic N) is 1. The van der Waals surface area contributed by atoms with Gasteiger partial charge >= 0.3 is 5.69 Å². The van der Waals surface area contributed by atoms with E-state index in [2.05, 4.69) is 10.7 Å². The molecular formula is C11H10N2O2. The lowest BCUT2D eigenvalue weighted by molar-refractivity contribution is 0.714. The molecule has 0 saturated heterocycles. The van der Waals surface area contributed by atoms with Gasteiger partial charge in [-0.25, -0.2) is 4.79 Å². The lowest BCUT2D eigenvalue weighted by Crippen LogP contribution is -2.31. The zero-order valence-corrected chi connectivity index (χ0v) is 8.28. The molecule has 0 unspecified atom stereocenters. The van der Waals surface area contributed by atoms with Crippen LogP contribution in [0.15, 0.2) is 45.3 Å². The van der Waals surface area contributed by atoms with Crippen LogP contribution in [0.1, 0.15) is 5.56 Å². The Balaban J connectivity index is 2.41. The number of H-pyrrole nitrogens is 1. The van der Waals surface area contributed by atoms with E-state index in [4.69, 9.17) is 0 Å². The number of rotatable bonds is 2.